The van der Waals surface area contributed by atoms with Crippen LogP contribution in [0.3, 0.4) is 0 Å². The van der Waals surface area contributed by atoms with E-state index in [1.807, 2.05) is 31.1 Å². The maximum absolute atomic E-state index is 12.2. The molecule has 1 aliphatic rings. The number of benzene rings is 1. The van der Waals surface area contributed by atoms with Crippen LogP contribution < -0.4 is 11.1 Å². The molecule has 0 atom stereocenters. The van der Waals surface area contributed by atoms with Gasteiger partial charge >= 0.3 is 0 Å². The normalized spacial score (nSPS) is 16.1. The van der Waals surface area contributed by atoms with E-state index in [0.29, 0.717) is 23.7 Å². The minimum absolute atomic E-state index is 0.0579. The molecule has 0 aromatic heterocycles. The van der Waals surface area contributed by atoms with Gasteiger partial charge in [0, 0.05) is 37.6 Å². The van der Waals surface area contributed by atoms with Gasteiger partial charge in [-0.2, -0.15) is 0 Å². The third kappa shape index (κ3) is 4.72. The molecule has 5 nitrogen and oxygen atoms in total. The smallest absolute Gasteiger partial charge is 0.251 e. The molecule has 0 saturated carbocycles. The van der Waals surface area contributed by atoms with E-state index in [1.54, 1.807) is 6.07 Å². The van der Waals surface area contributed by atoms with E-state index in [1.165, 1.54) is 0 Å². The largest absolute Gasteiger partial charge is 0.399 e. The Labute approximate surface area is 126 Å². The van der Waals surface area contributed by atoms with Gasteiger partial charge in [-0.05, 0) is 56.6 Å². The van der Waals surface area contributed by atoms with Gasteiger partial charge in [-0.1, -0.05) is 0 Å². The first-order valence-corrected chi connectivity index (χ1v) is 7.47. The summed E-state index contributed by atoms with van der Waals surface area (Å²) < 4.78 is 5.39. The Morgan fingerprint density at radius 1 is 1.33 bits per heavy atom. The third-order valence-corrected chi connectivity index (χ3v) is 3.78. The summed E-state index contributed by atoms with van der Waals surface area (Å²) in [4.78, 5) is 14.2. The molecule has 1 saturated heterocycles. The van der Waals surface area contributed by atoms with Crippen molar-refractivity contribution < 1.29 is 9.53 Å². The SMILES string of the molecule is CN(C)CCNC(=O)c1cc(N)cc(C2CCOCC2)c1. The molecular formula is C16H25N3O2. The van der Waals surface area contributed by atoms with Crippen LogP contribution in [0.4, 0.5) is 5.69 Å². The van der Waals surface area contributed by atoms with Crippen molar-refractivity contribution in [2.75, 3.05) is 46.1 Å². The van der Waals surface area contributed by atoms with Crippen LogP contribution >= 0.6 is 0 Å². The van der Waals surface area contributed by atoms with Gasteiger partial charge in [-0.3, -0.25) is 4.79 Å². The van der Waals surface area contributed by atoms with Crippen molar-refractivity contribution in [1.29, 1.82) is 0 Å². The van der Waals surface area contributed by atoms with Gasteiger partial charge in [0.05, 0.1) is 0 Å². The number of carbonyl (C=O) groups excluding carboxylic acids is 1. The predicted octanol–water partition coefficient (Wildman–Crippen LogP) is 1.45. The van der Waals surface area contributed by atoms with Crippen molar-refractivity contribution in [3.63, 3.8) is 0 Å². The quantitative estimate of drug-likeness (QED) is 0.806. The van der Waals surface area contributed by atoms with Crippen molar-refractivity contribution in [2.45, 2.75) is 18.8 Å². The molecule has 1 fully saturated rings. The summed E-state index contributed by atoms with van der Waals surface area (Å²) in [6, 6.07) is 5.69. The zero-order chi connectivity index (χ0) is 15.2. The average Bonchev–Trinajstić information content (AvgIpc) is 2.47. The summed E-state index contributed by atoms with van der Waals surface area (Å²) in [6.07, 6.45) is 1.98. The summed E-state index contributed by atoms with van der Waals surface area (Å²) in [5.41, 5.74) is 8.41. The van der Waals surface area contributed by atoms with Crippen LogP contribution in [0.1, 0.15) is 34.7 Å². The van der Waals surface area contributed by atoms with Crippen molar-refractivity contribution in [1.82, 2.24) is 10.2 Å². The Morgan fingerprint density at radius 2 is 2.05 bits per heavy atom. The summed E-state index contributed by atoms with van der Waals surface area (Å²) in [5, 5.41) is 2.93. The molecule has 0 aliphatic carbocycles. The minimum Gasteiger partial charge on any atom is -0.399 e. The van der Waals surface area contributed by atoms with E-state index in [0.717, 1.165) is 38.2 Å². The molecule has 0 spiro atoms. The fraction of sp³-hybridized carbons (Fsp3) is 0.562. The summed E-state index contributed by atoms with van der Waals surface area (Å²) in [7, 11) is 3.96. The van der Waals surface area contributed by atoms with E-state index >= 15 is 0 Å². The van der Waals surface area contributed by atoms with Crippen molar-refractivity contribution in [2.24, 2.45) is 0 Å². The lowest BCUT2D eigenvalue weighted by Gasteiger charge is -2.23. The summed E-state index contributed by atoms with van der Waals surface area (Å²) in [6.45, 7) is 3.02. The van der Waals surface area contributed by atoms with E-state index in [-0.39, 0.29) is 5.91 Å². The van der Waals surface area contributed by atoms with E-state index < -0.39 is 0 Å². The Kier molecular flexibility index (Phi) is 5.59. The van der Waals surface area contributed by atoms with Gasteiger partial charge in [0.15, 0.2) is 0 Å². The maximum atomic E-state index is 12.2. The molecule has 1 heterocycles. The number of nitrogens with zero attached hydrogens (tertiary/aromatic N) is 1. The maximum Gasteiger partial charge on any atom is 0.251 e. The number of hydrogen-bond donors (Lipinski definition) is 2. The Balaban J connectivity index is 2.05. The van der Waals surface area contributed by atoms with E-state index in [9.17, 15) is 4.79 Å². The fourth-order valence-corrected chi connectivity index (χ4v) is 2.57. The molecule has 0 unspecified atom stereocenters. The first kappa shape index (κ1) is 15.8. The lowest BCUT2D eigenvalue weighted by atomic mass is 9.90. The standard InChI is InChI=1S/C16H25N3O2/c1-19(2)6-5-18-16(20)14-9-13(10-15(17)11-14)12-3-7-21-8-4-12/h9-12H,3-8,17H2,1-2H3,(H,18,20). The molecule has 21 heavy (non-hydrogen) atoms. The molecule has 0 bridgehead atoms. The first-order valence-electron chi connectivity index (χ1n) is 7.47. The van der Waals surface area contributed by atoms with Crippen LogP contribution in [0.15, 0.2) is 18.2 Å². The van der Waals surface area contributed by atoms with Gasteiger partial charge in [-0.25, -0.2) is 0 Å². The summed E-state index contributed by atoms with van der Waals surface area (Å²) in [5.74, 6) is 0.382. The lowest BCUT2D eigenvalue weighted by molar-refractivity contribution is 0.0853. The van der Waals surface area contributed by atoms with Crippen LogP contribution in [0.5, 0.6) is 0 Å². The van der Waals surface area contributed by atoms with Gasteiger partial charge in [-0.15, -0.1) is 0 Å². The molecule has 2 rings (SSSR count). The minimum atomic E-state index is -0.0579. The van der Waals surface area contributed by atoms with Crippen LogP contribution in [0.25, 0.3) is 0 Å². The molecule has 1 aromatic rings. The highest BCUT2D eigenvalue weighted by Gasteiger charge is 2.18. The van der Waals surface area contributed by atoms with Gasteiger partial charge in [0.25, 0.3) is 5.91 Å². The molecule has 1 aliphatic heterocycles. The Hall–Kier alpha value is -1.59. The molecular weight excluding hydrogens is 266 g/mol. The van der Waals surface area contributed by atoms with Crippen LogP contribution in [0, 0.1) is 0 Å². The number of hydrogen-bond acceptors (Lipinski definition) is 4. The molecule has 5 heteroatoms. The number of nitrogens with two attached hydrogens (primary N) is 1. The highest BCUT2D eigenvalue weighted by molar-refractivity contribution is 5.95. The molecule has 1 amide bonds. The fourth-order valence-electron chi connectivity index (χ4n) is 2.57. The number of anilines is 1. The highest BCUT2D eigenvalue weighted by atomic mass is 16.5. The number of nitrogens with one attached hydrogen (secondary N) is 1. The van der Waals surface area contributed by atoms with Crippen LogP contribution in [-0.4, -0.2) is 51.2 Å². The Bertz CT molecular complexity index is 482. The number of amides is 1. The van der Waals surface area contributed by atoms with E-state index in [2.05, 4.69) is 5.32 Å². The van der Waals surface area contributed by atoms with Gasteiger partial charge < -0.3 is 20.7 Å². The topological polar surface area (TPSA) is 67.6 Å². The second-order valence-electron chi connectivity index (χ2n) is 5.83. The predicted molar refractivity (Wildman–Crippen MR) is 84.5 cm³/mol. The van der Waals surface area contributed by atoms with Crippen molar-refractivity contribution >= 4 is 11.6 Å². The highest BCUT2D eigenvalue weighted by Crippen LogP contribution is 2.29. The van der Waals surface area contributed by atoms with Crippen molar-refractivity contribution in [3.8, 4) is 0 Å². The number of rotatable bonds is 5. The van der Waals surface area contributed by atoms with Crippen LogP contribution in [0.2, 0.25) is 0 Å². The van der Waals surface area contributed by atoms with Gasteiger partial charge in [0.2, 0.25) is 0 Å². The number of carbonyl (C=O) groups is 1. The second kappa shape index (κ2) is 7.43. The molecule has 116 valence electrons. The zero-order valence-electron chi connectivity index (χ0n) is 12.9. The lowest BCUT2D eigenvalue weighted by Crippen LogP contribution is -2.31. The Morgan fingerprint density at radius 3 is 2.71 bits per heavy atom. The van der Waals surface area contributed by atoms with Crippen LogP contribution in [-0.2, 0) is 4.74 Å². The zero-order valence-corrected chi connectivity index (χ0v) is 12.9. The summed E-state index contributed by atoms with van der Waals surface area (Å²) >= 11 is 0. The number of nitrogen functional groups attached to an aromatic ring is 1. The first-order chi connectivity index (χ1) is 10.1. The average molecular weight is 291 g/mol. The molecule has 3 N–H and O–H groups in total. The molecule has 0 radical (unpaired) electrons. The third-order valence-electron chi connectivity index (χ3n) is 3.78. The molecule has 1 aromatic carbocycles. The number of likely N-dealkylation sites (N-methyl/N-ethyl adjacent to an activating group) is 1. The second-order valence-corrected chi connectivity index (χ2v) is 5.83. The number of ether oxygens (including phenoxy) is 1. The monoisotopic (exact) mass is 291 g/mol. The van der Waals surface area contributed by atoms with Gasteiger partial charge in [0.1, 0.15) is 0 Å². The van der Waals surface area contributed by atoms with E-state index in [4.69, 9.17) is 10.5 Å². The van der Waals surface area contributed by atoms with Crippen molar-refractivity contribution in [3.05, 3.63) is 29.3 Å².